The normalized spacial score (nSPS) is 11.3. The van der Waals surface area contributed by atoms with Gasteiger partial charge in [0.1, 0.15) is 0 Å². The summed E-state index contributed by atoms with van der Waals surface area (Å²) in [4.78, 5) is 15.2. The lowest BCUT2D eigenvalue weighted by molar-refractivity contribution is 0.0696. The molecule has 3 rings (SSSR count). The van der Waals surface area contributed by atoms with Crippen molar-refractivity contribution in [3.8, 4) is 11.3 Å². The van der Waals surface area contributed by atoms with Crippen molar-refractivity contribution in [2.75, 3.05) is 4.72 Å². The van der Waals surface area contributed by atoms with Gasteiger partial charge in [-0.3, -0.25) is 4.72 Å². The predicted molar refractivity (Wildman–Crippen MR) is 101 cm³/mol. The van der Waals surface area contributed by atoms with Crippen LogP contribution in [0.15, 0.2) is 52.7 Å². The van der Waals surface area contributed by atoms with Gasteiger partial charge in [0.05, 0.1) is 16.2 Å². The molecule has 0 saturated heterocycles. The first-order chi connectivity index (χ1) is 12.3. The smallest absolute Gasteiger partial charge is 0.335 e. The van der Waals surface area contributed by atoms with Gasteiger partial charge >= 0.3 is 5.97 Å². The molecule has 0 radical (unpaired) electrons. The number of nitrogens with one attached hydrogen (secondary N) is 1. The summed E-state index contributed by atoms with van der Waals surface area (Å²) in [6.45, 7) is 4.02. The fraction of sp³-hybridized carbons (Fsp3) is 0.111. The highest BCUT2D eigenvalue weighted by molar-refractivity contribution is 7.93. The largest absolute Gasteiger partial charge is 0.478 e. The third-order valence-corrected chi connectivity index (χ3v) is 6.14. The number of hydrogen-bond donors (Lipinski definition) is 2. The number of rotatable bonds is 5. The average Bonchev–Trinajstić information content (AvgIpc) is 3.05. The van der Waals surface area contributed by atoms with E-state index in [0.717, 1.165) is 17.2 Å². The molecule has 0 bridgehead atoms. The molecule has 0 aliphatic carbocycles. The molecular formula is C18H16N2O4S2. The minimum atomic E-state index is -3.92. The number of aromatic nitrogens is 1. The molecule has 8 heteroatoms. The number of anilines is 1. The fourth-order valence-electron chi connectivity index (χ4n) is 2.32. The summed E-state index contributed by atoms with van der Waals surface area (Å²) in [5, 5.41) is 11.0. The van der Waals surface area contributed by atoms with Crippen molar-refractivity contribution >= 4 is 32.5 Å². The van der Waals surface area contributed by atoms with Crippen molar-refractivity contribution in [3.63, 3.8) is 0 Å². The number of carboxylic acid groups (broad SMARTS) is 1. The van der Waals surface area contributed by atoms with Gasteiger partial charge in [-0.2, -0.15) is 0 Å². The number of carbonyl (C=O) groups is 1. The first-order valence-corrected chi connectivity index (χ1v) is 10.0. The number of benzene rings is 2. The zero-order valence-electron chi connectivity index (χ0n) is 14.1. The Labute approximate surface area is 155 Å². The standard InChI is InChI=1S/C18H16N2O4S2/c1-11-6-7-13(8-12(11)2)16-10-25-18(19-16)20-26(23,24)15-5-3-4-14(9-15)17(21)22/h3-10H,1-2H3,(H,19,20)(H,21,22). The summed E-state index contributed by atoms with van der Waals surface area (Å²) in [5.74, 6) is -1.19. The summed E-state index contributed by atoms with van der Waals surface area (Å²) in [6.07, 6.45) is 0. The van der Waals surface area contributed by atoms with Crippen LogP contribution in [0.2, 0.25) is 0 Å². The van der Waals surface area contributed by atoms with Crippen LogP contribution in [0, 0.1) is 13.8 Å². The van der Waals surface area contributed by atoms with Gasteiger partial charge in [0, 0.05) is 10.9 Å². The first kappa shape index (κ1) is 18.1. The molecule has 0 spiro atoms. The van der Waals surface area contributed by atoms with Crippen LogP contribution in [0.1, 0.15) is 21.5 Å². The van der Waals surface area contributed by atoms with E-state index in [-0.39, 0.29) is 15.6 Å². The molecule has 0 atom stereocenters. The summed E-state index contributed by atoms with van der Waals surface area (Å²) in [7, 11) is -3.92. The molecule has 1 heterocycles. The summed E-state index contributed by atoms with van der Waals surface area (Å²) in [6, 6.07) is 11.1. The van der Waals surface area contributed by atoms with E-state index in [1.54, 1.807) is 5.38 Å². The number of sulfonamides is 1. The maximum Gasteiger partial charge on any atom is 0.335 e. The van der Waals surface area contributed by atoms with Crippen molar-refractivity contribution in [2.24, 2.45) is 0 Å². The van der Waals surface area contributed by atoms with Gasteiger partial charge in [-0.1, -0.05) is 18.2 Å². The lowest BCUT2D eigenvalue weighted by Gasteiger charge is -2.06. The van der Waals surface area contributed by atoms with Crippen molar-refractivity contribution in [1.29, 1.82) is 0 Å². The molecule has 0 aliphatic heterocycles. The molecule has 0 aliphatic rings. The van der Waals surface area contributed by atoms with Gasteiger partial charge in [-0.25, -0.2) is 18.2 Å². The second kappa shape index (κ2) is 6.89. The van der Waals surface area contributed by atoms with Crippen LogP contribution in [-0.4, -0.2) is 24.5 Å². The van der Waals surface area contributed by atoms with E-state index in [2.05, 4.69) is 9.71 Å². The van der Waals surface area contributed by atoms with Crippen LogP contribution in [0.4, 0.5) is 5.13 Å². The minimum absolute atomic E-state index is 0.0946. The highest BCUT2D eigenvalue weighted by atomic mass is 32.2. The zero-order chi connectivity index (χ0) is 18.9. The third kappa shape index (κ3) is 3.76. The Kier molecular flexibility index (Phi) is 4.80. The van der Waals surface area contributed by atoms with Gasteiger partial charge in [0.15, 0.2) is 5.13 Å². The molecule has 6 nitrogen and oxygen atoms in total. The summed E-state index contributed by atoms with van der Waals surface area (Å²) in [5.41, 5.74) is 3.78. The topological polar surface area (TPSA) is 96.4 Å². The van der Waals surface area contributed by atoms with E-state index in [1.807, 2.05) is 32.0 Å². The monoisotopic (exact) mass is 388 g/mol. The predicted octanol–water partition coefficient (Wildman–Crippen LogP) is 3.93. The quantitative estimate of drug-likeness (QED) is 0.690. The number of thiazole rings is 1. The van der Waals surface area contributed by atoms with Crippen LogP contribution >= 0.6 is 11.3 Å². The summed E-state index contributed by atoms with van der Waals surface area (Å²) < 4.78 is 27.4. The van der Waals surface area contributed by atoms with E-state index >= 15 is 0 Å². The second-order valence-corrected chi connectivity index (χ2v) is 8.32. The van der Waals surface area contributed by atoms with Crippen LogP contribution < -0.4 is 4.72 Å². The zero-order valence-corrected chi connectivity index (χ0v) is 15.7. The van der Waals surface area contributed by atoms with Crippen molar-refractivity contribution in [1.82, 2.24) is 4.98 Å². The van der Waals surface area contributed by atoms with Crippen LogP contribution in [0.3, 0.4) is 0 Å². The fourth-order valence-corrected chi connectivity index (χ4v) is 4.34. The van der Waals surface area contributed by atoms with Gasteiger partial charge in [-0.05, 0) is 49.2 Å². The molecule has 0 unspecified atom stereocenters. The molecule has 2 N–H and O–H groups in total. The average molecular weight is 388 g/mol. The SMILES string of the molecule is Cc1ccc(-c2csc(NS(=O)(=O)c3cccc(C(=O)O)c3)n2)cc1C. The van der Waals surface area contributed by atoms with E-state index in [1.165, 1.54) is 35.1 Å². The Bertz CT molecular complexity index is 1090. The molecular weight excluding hydrogens is 372 g/mol. The van der Waals surface area contributed by atoms with E-state index in [4.69, 9.17) is 5.11 Å². The highest BCUT2D eigenvalue weighted by Crippen LogP contribution is 2.28. The Hall–Kier alpha value is -2.71. The number of aromatic carboxylic acids is 1. The minimum Gasteiger partial charge on any atom is -0.478 e. The van der Waals surface area contributed by atoms with Crippen LogP contribution in [-0.2, 0) is 10.0 Å². The maximum atomic E-state index is 12.5. The van der Waals surface area contributed by atoms with Crippen molar-refractivity contribution < 1.29 is 18.3 Å². The molecule has 1 aromatic heterocycles. The molecule has 0 amide bonds. The Morgan fingerprint density at radius 2 is 1.88 bits per heavy atom. The van der Waals surface area contributed by atoms with Gasteiger partial charge < -0.3 is 5.11 Å². The lowest BCUT2D eigenvalue weighted by atomic mass is 10.1. The highest BCUT2D eigenvalue weighted by Gasteiger charge is 2.18. The third-order valence-electron chi connectivity index (χ3n) is 3.92. The second-order valence-electron chi connectivity index (χ2n) is 5.78. The van der Waals surface area contributed by atoms with E-state index in [9.17, 15) is 13.2 Å². The molecule has 134 valence electrons. The van der Waals surface area contributed by atoms with Crippen molar-refractivity contribution in [3.05, 3.63) is 64.5 Å². The number of carboxylic acids is 1. The van der Waals surface area contributed by atoms with Crippen LogP contribution in [0.5, 0.6) is 0 Å². The van der Waals surface area contributed by atoms with Gasteiger partial charge in [-0.15, -0.1) is 11.3 Å². The Morgan fingerprint density at radius 1 is 1.12 bits per heavy atom. The van der Waals surface area contributed by atoms with Gasteiger partial charge in [0.2, 0.25) is 0 Å². The Balaban J connectivity index is 1.87. The number of nitrogens with zero attached hydrogens (tertiary/aromatic N) is 1. The lowest BCUT2D eigenvalue weighted by Crippen LogP contribution is -2.13. The molecule has 26 heavy (non-hydrogen) atoms. The molecule has 3 aromatic rings. The van der Waals surface area contributed by atoms with E-state index in [0.29, 0.717) is 5.69 Å². The number of aryl methyl sites for hydroxylation is 2. The number of hydrogen-bond acceptors (Lipinski definition) is 5. The van der Waals surface area contributed by atoms with E-state index < -0.39 is 16.0 Å². The van der Waals surface area contributed by atoms with Crippen molar-refractivity contribution in [2.45, 2.75) is 18.7 Å². The molecule has 0 saturated carbocycles. The first-order valence-electron chi connectivity index (χ1n) is 7.65. The van der Waals surface area contributed by atoms with Crippen LogP contribution in [0.25, 0.3) is 11.3 Å². The van der Waals surface area contributed by atoms with Gasteiger partial charge in [0.25, 0.3) is 10.0 Å². The summed E-state index contributed by atoms with van der Waals surface area (Å²) >= 11 is 1.17. The maximum absolute atomic E-state index is 12.5. The Morgan fingerprint density at radius 3 is 2.58 bits per heavy atom. The molecule has 0 fully saturated rings. The molecule has 2 aromatic carbocycles.